The van der Waals surface area contributed by atoms with Gasteiger partial charge in [-0.1, -0.05) is 35.9 Å². The highest BCUT2D eigenvalue weighted by atomic mass is 127. The molecule has 3 N–H and O–H groups in total. The molecule has 152 valence electrons. The van der Waals surface area contributed by atoms with Crippen LogP contribution >= 0.6 is 35.6 Å². The Morgan fingerprint density at radius 2 is 1.93 bits per heavy atom. The highest BCUT2D eigenvalue weighted by Gasteiger charge is 2.18. The normalized spacial score (nSPS) is 12.1. The maximum Gasteiger partial charge on any atom is 0.222 e. The third-order valence-corrected chi connectivity index (χ3v) is 4.42. The molecule has 0 radical (unpaired) electrons. The maximum absolute atomic E-state index is 13.0. The highest BCUT2D eigenvalue weighted by molar-refractivity contribution is 14.0. The van der Waals surface area contributed by atoms with Gasteiger partial charge in [0.2, 0.25) is 5.91 Å². The minimum Gasteiger partial charge on any atom is -0.369 e. The molecule has 8 heteroatoms. The minimum absolute atomic E-state index is 0. The van der Waals surface area contributed by atoms with Crippen molar-refractivity contribution >= 4 is 47.4 Å². The minimum atomic E-state index is -0.438. The van der Waals surface area contributed by atoms with Crippen LogP contribution in [-0.2, 0) is 17.8 Å². The second-order valence-corrected chi connectivity index (χ2v) is 6.78. The molecule has 0 heterocycles. The molecule has 2 aromatic rings. The number of halogens is 3. The van der Waals surface area contributed by atoms with Gasteiger partial charge in [0.1, 0.15) is 5.82 Å². The first-order valence-corrected chi connectivity index (χ1v) is 8.97. The van der Waals surface area contributed by atoms with Gasteiger partial charge in [0, 0.05) is 32.2 Å². The van der Waals surface area contributed by atoms with Crippen molar-refractivity contribution in [1.29, 1.82) is 0 Å². The molecule has 0 aromatic heterocycles. The quantitative estimate of drug-likeness (QED) is 0.335. The van der Waals surface area contributed by atoms with Gasteiger partial charge in [0.15, 0.2) is 5.96 Å². The van der Waals surface area contributed by atoms with E-state index in [0.717, 1.165) is 11.1 Å². The Kier molecular flexibility index (Phi) is 10.2. The zero-order valence-electron chi connectivity index (χ0n) is 15.9. The topological polar surface area (TPSA) is 70.7 Å². The van der Waals surface area contributed by atoms with Crippen LogP contribution in [0.4, 0.5) is 4.39 Å². The smallest absolute Gasteiger partial charge is 0.222 e. The lowest BCUT2D eigenvalue weighted by Gasteiger charge is -2.24. The van der Waals surface area contributed by atoms with Crippen molar-refractivity contribution in [2.24, 2.45) is 16.6 Å². The number of guanidine groups is 1. The van der Waals surface area contributed by atoms with Crippen LogP contribution in [0.5, 0.6) is 0 Å². The molecular weight excluding hydrogens is 494 g/mol. The first-order chi connectivity index (χ1) is 12.9. The molecule has 5 nitrogen and oxygen atoms in total. The summed E-state index contributed by atoms with van der Waals surface area (Å²) in [7, 11) is 3.57. The molecular formula is C20H25ClFIN4O. The Morgan fingerprint density at radius 1 is 1.25 bits per heavy atom. The lowest BCUT2D eigenvalue weighted by molar-refractivity contribution is -0.121. The summed E-state index contributed by atoms with van der Waals surface area (Å²) >= 11 is 6.03. The number of primary amides is 1. The Bertz CT molecular complexity index is 801. The van der Waals surface area contributed by atoms with E-state index in [1.54, 1.807) is 19.2 Å². The Hall–Kier alpha value is -1.87. The van der Waals surface area contributed by atoms with Crippen molar-refractivity contribution in [3.05, 3.63) is 70.5 Å². The SMILES string of the molecule is CN=C(NCC(Cc1ccc(F)cc1)C(N)=O)N(C)Cc1cccc(Cl)c1.I. The number of rotatable bonds is 7. The van der Waals surface area contributed by atoms with Crippen LogP contribution in [0.2, 0.25) is 5.02 Å². The number of hydrogen-bond donors (Lipinski definition) is 2. The van der Waals surface area contributed by atoms with E-state index in [-0.39, 0.29) is 29.8 Å². The number of hydrogen-bond acceptors (Lipinski definition) is 2. The summed E-state index contributed by atoms with van der Waals surface area (Å²) in [5, 5.41) is 3.86. The predicted octanol–water partition coefficient (Wildman–Crippen LogP) is 3.45. The monoisotopic (exact) mass is 518 g/mol. The molecule has 1 atom stereocenters. The molecule has 28 heavy (non-hydrogen) atoms. The molecule has 0 fully saturated rings. The lowest BCUT2D eigenvalue weighted by Crippen LogP contribution is -2.43. The number of nitrogens with two attached hydrogens (primary N) is 1. The van der Waals surface area contributed by atoms with Gasteiger partial charge in [-0.3, -0.25) is 9.79 Å². The van der Waals surface area contributed by atoms with Crippen LogP contribution in [0.1, 0.15) is 11.1 Å². The van der Waals surface area contributed by atoms with Gasteiger partial charge in [0.25, 0.3) is 0 Å². The van der Waals surface area contributed by atoms with Gasteiger partial charge < -0.3 is 16.0 Å². The molecule has 0 saturated heterocycles. The average molecular weight is 519 g/mol. The molecule has 1 unspecified atom stereocenters. The van der Waals surface area contributed by atoms with Crippen molar-refractivity contribution in [3.8, 4) is 0 Å². The Balaban J connectivity index is 0.00000392. The van der Waals surface area contributed by atoms with Crippen molar-refractivity contribution < 1.29 is 9.18 Å². The molecule has 0 aliphatic heterocycles. The van der Waals surface area contributed by atoms with Gasteiger partial charge in [-0.25, -0.2) is 4.39 Å². The molecule has 0 aliphatic rings. The van der Waals surface area contributed by atoms with Crippen molar-refractivity contribution in [3.63, 3.8) is 0 Å². The van der Waals surface area contributed by atoms with E-state index in [0.29, 0.717) is 30.5 Å². The fraction of sp³-hybridized carbons (Fsp3) is 0.300. The van der Waals surface area contributed by atoms with Gasteiger partial charge >= 0.3 is 0 Å². The number of carbonyl (C=O) groups excluding carboxylic acids is 1. The summed E-state index contributed by atoms with van der Waals surface area (Å²) in [4.78, 5) is 18.0. The number of amides is 1. The molecule has 0 spiro atoms. The second kappa shape index (κ2) is 11.9. The fourth-order valence-electron chi connectivity index (χ4n) is 2.76. The van der Waals surface area contributed by atoms with Crippen LogP contribution in [0.15, 0.2) is 53.5 Å². The zero-order chi connectivity index (χ0) is 19.8. The summed E-state index contributed by atoms with van der Waals surface area (Å²) < 4.78 is 13.0. The number of benzene rings is 2. The summed E-state index contributed by atoms with van der Waals surface area (Å²) in [5.74, 6) is -0.526. The number of carbonyl (C=O) groups is 1. The highest BCUT2D eigenvalue weighted by Crippen LogP contribution is 2.13. The Labute approximate surface area is 187 Å². The predicted molar refractivity (Wildman–Crippen MR) is 122 cm³/mol. The standard InChI is InChI=1S/C20H24ClFN4O.HI/c1-24-20(26(2)13-15-4-3-5-17(21)11-15)25-12-16(19(23)27)10-14-6-8-18(22)9-7-14;/h3-9,11,16H,10,12-13H2,1-2H3,(H2,23,27)(H,24,25);1H. The van der Waals surface area contributed by atoms with Crippen LogP contribution in [0.3, 0.4) is 0 Å². The van der Waals surface area contributed by atoms with Gasteiger partial charge in [-0.15, -0.1) is 24.0 Å². The van der Waals surface area contributed by atoms with E-state index in [9.17, 15) is 9.18 Å². The summed E-state index contributed by atoms with van der Waals surface area (Å²) in [6.45, 7) is 0.943. The molecule has 0 saturated carbocycles. The second-order valence-electron chi connectivity index (χ2n) is 6.34. The van der Waals surface area contributed by atoms with Crippen LogP contribution in [0, 0.1) is 11.7 Å². The molecule has 0 bridgehead atoms. The molecule has 2 rings (SSSR count). The average Bonchev–Trinajstić information content (AvgIpc) is 2.62. The van der Waals surface area contributed by atoms with E-state index in [1.807, 2.05) is 36.2 Å². The first kappa shape index (κ1) is 24.2. The van der Waals surface area contributed by atoms with Crippen LogP contribution in [-0.4, -0.2) is 37.4 Å². The van der Waals surface area contributed by atoms with E-state index >= 15 is 0 Å². The molecule has 0 aliphatic carbocycles. The summed E-state index contributed by atoms with van der Waals surface area (Å²) in [5.41, 5.74) is 7.44. The van der Waals surface area contributed by atoms with Gasteiger partial charge in [0.05, 0.1) is 5.92 Å². The van der Waals surface area contributed by atoms with Crippen molar-refractivity contribution in [2.75, 3.05) is 20.6 Å². The lowest BCUT2D eigenvalue weighted by atomic mass is 9.98. The summed E-state index contributed by atoms with van der Waals surface area (Å²) in [6.07, 6.45) is 0.428. The van der Waals surface area contributed by atoms with Crippen LogP contribution in [0.25, 0.3) is 0 Å². The number of nitrogens with zero attached hydrogens (tertiary/aromatic N) is 2. The fourth-order valence-corrected chi connectivity index (χ4v) is 2.97. The van der Waals surface area contributed by atoms with Gasteiger partial charge in [-0.05, 0) is 41.8 Å². The van der Waals surface area contributed by atoms with E-state index in [1.165, 1.54) is 12.1 Å². The third kappa shape index (κ3) is 7.63. The largest absolute Gasteiger partial charge is 0.369 e. The first-order valence-electron chi connectivity index (χ1n) is 8.59. The Morgan fingerprint density at radius 3 is 2.50 bits per heavy atom. The molecule has 2 aromatic carbocycles. The van der Waals surface area contributed by atoms with Gasteiger partial charge in [-0.2, -0.15) is 0 Å². The van der Waals surface area contributed by atoms with Crippen molar-refractivity contribution in [1.82, 2.24) is 10.2 Å². The summed E-state index contributed by atoms with van der Waals surface area (Å²) in [6, 6.07) is 13.7. The number of aliphatic imine (C=N–C) groups is 1. The molecule has 1 amide bonds. The van der Waals surface area contributed by atoms with E-state index in [4.69, 9.17) is 17.3 Å². The van der Waals surface area contributed by atoms with E-state index < -0.39 is 11.8 Å². The number of nitrogens with one attached hydrogen (secondary N) is 1. The maximum atomic E-state index is 13.0. The van der Waals surface area contributed by atoms with Crippen LogP contribution < -0.4 is 11.1 Å². The third-order valence-electron chi connectivity index (χ3n) is 4.19. The van der Waals surface area contributed by atoms with E-state index in [2.05, 4.69) is 10.3 Å². The zero-order valence-corrected chi connectivity index (χ0v) is 18.9. The van der Waals surface area contributed by atoms with Crippen molar-refractivity contribution in [2.45, 2.75) is 13.0 Å².